The molecule has 1 aromatic heterocycles. The number of ether oxygens (including phenoxy) is 2. The summed E-state index contributed by atoms with van der Waals surface area (Å²) in [7, 11) is 4.85. The Morgan fingerprint density at radius 2 is 1.62 bits per heavy atom. The van der Waals surface area contributed by atoms with Gasteiger partial charge in [0.2, 0.25) is 5.91 Å². The number of nitrogens with zero attached hydrogens (tertiary/aromatic N) is 4. The largest absolute Gasteiger partial charge is 0.466 e. The number of likely N-dealkylation sites (tertiary alicyclic amines) is 1. The molecule has 3 fully saturated rings. The number of dihydropyridines is 1. The van der Waals surface area contributed by atoms with Crippen molar-refractivity contribution in [3.8, 4) is 0 Å². The lowest BCUT2D eigenvalue weighted by Gasteiger charge is -2.39. The second-order valence-electron chi connectivity index (χ2n) is 11.1. The number of carbonyl (C=O) groups is 3. The molecule has 1 amide bonds. The highest BCUT2D eigenvalue weighted by molar-refractivity contribution is 7.09. The van der Waals surface area contributed by atoms with Crippen molar-refractivity contribution in [3.63, 3.8) is 0 Å². The van der Waals surface area contributed by atoms with Gasteiger partial charge >= 0.3 is 11.9 Å². The maximum absolute atomic E-state index is 13.4. The first kappa shape index (κ1) is 27.8. The van der Waals surface area contributed by atoms with Crippen LogP contribution in [0.4, 0.5) is 0 Å². The number of carbonyl (C=O) groups excluding carboxylic acids is 3. The van der Waals surface area contributed by atoms with E-state index in [0.29, 0.717) is 54.5 Å². The molecule has 0 aromatic carbocycles. The summed E-state index contributed by atoms with van der Waals surface area (Å²) in [5, 5.41) is 6.13. The fourth-order valence-corrected chi connectivity index (χ4v) is 7.35. The lowest BCUT2D eigenvalue weighted by atomic mass is 9.94. The number of nitrogens with one attached hydrogen (secondary N) is 1. The van der Waals surface area contributed by atoms with Crippen LogP contribution in [-0.4, -0.2) is 104 Å². The molecular weight excluding hydrogens is 518 g/mol. The summed E-state index contributed by atoms with van der Waals surface area (Å²) in [6, 6.07) is 0.627. The van der Waals surface area contributed by atoms with E-state index in [1.807, 2.05) is 10.3 Å². The zero-order valence-electron chi connectivity index (χ0n) is 23.1. The Hall–Kier alpha value is -2.76. The Morgan fingerprint density at radius 3 is 2.21 bits per heavy atom. The van der Waals surface area contributed by atoms with E-state index in [4.69, 9.17) is 9.47 Å². The van der Waals surface area contributed by atoms with Gasteiger partial charge in [-0.2, -0.15) is 0 Å². The van der Waals surface area contributed by atoms with Crippen LogP contribution in [0.5, 0.6) is 0 Å². The number of hydrogen-bond donors (Lipinski definition) is 1. The third-order valence-corrected chi connectivity index (χ3v) is 9.58. The predicted octanol–water partition coefficient (Wildman–Crippen LogP) is 1.80. The van der Waals surface area contributed by atoms with Gasteiger partial charge in [-0.25, -0.2) is 14.6 Å². The molecule has 0 spiro atoms. The highest BCUT2D eigenvalue weighted by Crippen LogP contribution is 2.40. The van der Waals surface area contributed by atoms with Gasteiger partial charge in [0.25, 0.3) is 0 Å². The summed E-state index contributed by atoms with van der Waals surface area (Å²) >= 11 is 1.55. The Labute approximate surface area is 234 Å². The molecule has 11 heteroatoms. The molecule has 212 valence electrons. The Bertz CT molecular complexity index is 1130. The van der Waals surface area contributed by atoms with Crippen molar-refractivity contribution >= 4 is 29.2 Å². The van der Waals surface area contributed by atoms with Crippen LogP contribution in [0.3, 0.4) is 0 Å². The Kier molecular flexibility index (Phi) is 8.68. The molecule has 1 aromatic rings. The van der Waals surface area contributed by atoms with Crippen LogP contribution in [0.15, 0.2) is 34.1 Å². The molecule has 0 bridgehead atoms. The maximum Gasteiger partial charge on any atom is 0.335 e. The molecular formula is C28H39N5O5S. The van der Waals surface area contributed by atoms with Gasteiger partial charge in [0.05, 0.1) is 36.8 Å². The maximum atomic E-state index is 13.4. The van der Waals surface area contributed by atoms with Gasteiger partial charge in [-0.05, 0) is 38.1 Å². The Balaban J connectivity index is 1.23. The molecule has 4 aliphatic rings. The van der Waals surface area contributed by atoms with E-state index in [9.17, 15) is 14.4 Å². The average Bonchev–Trinajstić information content (AvgIpc) is 3.68. The third-order valence-electron chi connectivity index (χ3n) is 8.74. The van der Waals surface area contributed by atoms with E-state index >= 15 is 0 Å². The van der Waals surface area contributed by atoms with Gasteiger partial charge in [-0.3, -0.25) is 9.69 Å². The van der Waals surface area contributed by atoms with Crippen LogP contribution in [0, 0.1) is 11.8 Å². The lowest BCUT2D eigenvalue weighted by molar-refractivity contribution is -0.136. The number of methoxy groups -OCH3 is 2. The molecule has 39 heavy (non-hydrogen) atoms. The van der Waals surface area contributed by atoms with Crippen molar-refractivity contribution in [1.82, 2.24) is 25.0 Å². The molecule has 1 saturated carbocycles. The number of thiazole rings is 1. The fourth-order valence-electron chi connectivity index (χ4n) is 6.73. The van der Waals surface area contributed by atoms with Crippen LogP contribution in [-0.2, 0) is 30.3 Å². The second kappa shape index (κ2) is 12.2. The summed E-state index contributed by atoms with van der Waals surface area (Å²) in [6.07, 6.45) is 5.55. The molecule has 10 nitrogen and oxygen atoms in total. The van der Waals surface area contributed by atoms with Crippen molar-refractivity contribution < 1.29 is 23.9 Å². The smallest absolute Gasteiger partial charge is 0.335 e. The Morgan fingerprint density at radius 1 is 0.974 bits per heavy atom. The second-order valence-corrected chi connectivity index (χ2v) is 12.1. The molecule has 1 N–H and O–H groups in total. The third kappa shape index (κ3) is 6.20. The summed E-state index contributed by atoms with van der Waals surface area (Å²) in [4.78, 5) is 50.0. The summed E-state index contributed by atoms with van der Waals surface area (Å²) in [6.45, 7) is 5.56. The zero-order chi connectivity index (χ0) is 27.5. The number of piperazine rings is 1. The van der Waals surface area contributed by atoms with E-state index in [1.54, 1.807) is 17.5 Å². The standard InChI is InChI=1S/C28H39N5O5S/c1-31-16-18-12-20(13-19(18)17-31)32-7-9-33(10-8-32)26(34)15-24-22(28(36)38-3)14-21(27(35)37-2)23(30-24)4-5-25-29-6-11-39-25/h6,11,18-20,30H,4-5,7-10,12-17H2,1-3H3. The predicted molar refractivity (Wildman–Crippen MR) is 147 cm³/mol. The van der Waals surface area contributed by atoms with Crippen molar-refractivity contribution in [3.05, 3.63) is 39.1 Å². The summed E-state index contributed by atoms with van der Waals surface area (Å²) < 4.78 is 10.0. The number of fused-ring (bicyclic) bond motifs is 1. The van der Waals surface area contributed by atoms with Gasteiger partial charge in [0.1, 0.15) is 0 Å². The molecule has 0 radical (unpaired) electrons. The van der Waals surface area contributed by atoms with Crippen molar-refractivity contribution in [2.24, 2.45) is 11.8 Å². The van der Waals surface area contributed by atoms with Crippen LogP contribution >= 0.6 is 11.3 Å². The first-order valence-electron chi connectivity index (χ1n) is 13.8. The van der Waals surface area contributed by atoms with Crippen molar-refractivity contribution in [1.29, 1.82) is 0 Å². The first-order valence-corrected chi connectivity index (χ1v) is 14.7. The van der Waals surface area contributed by atoms with Crippen LogP contribution in [0.25, 0.3) is 0 Å². The van der Waals surface area contributed by atoms with E-state index in [0.717, 1.165) is 29.9 Å². The molecule has 5 rings (SSSR count). The molecule has 4 heterocycles. The number of aromatic nitrogens is 1. The van der Waals surface area contributed by atoms with Crippen LogP contribution < -0.4 is 5.32 Å². The summed E-state index contributed by atoms with van der Waals surface area (Å²) in [5.41, 5.74) is 1.84. The van der Waals surface area contributed by atoms with Crippen LogP contribution in [0.1, 0.15) is 37.1 Å². The molecule has 3 aliphatic heterocycles. The van der Waals surface area contributed by atoms with Crippen LogP contribution in [0.2, 0.25) is 0 Å². The minimum Gasteiger partial charge on any atom is -0.466 e. The minimum atomic E-state index is -0.548. The molecule has 2 unspecified atom stereocenters. The van der Waals surface area contributed by atoms with Gasteiger partial charge in [0, 0.05) is 81.1 Å². The number of aryl methyl sites for hydroxylation is 1. The van der Waals surface area contributed by atoms with Gasteiger partial charge in [-0.1, -0.05) is 0 Å². The van der Waals surface area contributed by atoms with Crippen molar-refractivity contribution in [2.75, 3.05) is 60.5 Å². The summed E-state index contributed by atoms with van der Waals surface area (Å²) in [5.74, 6) is 0.557. The topological polar surface area (TPSA) is 104 Å². The van der Waals surface area contributed by atoms with Gasteiger partial charge < -0.3 is 24.6 Å². The first-order chi connectivity index (χ1) is 18.9. The molecule has 2 atom stereocenters. The number of amides is 1. The van der Waals surface area contributed by atoms with E-state index < -0.39 is 11.9 Å². The number of hydrogen-bond acceptors (Lipinski definition) is 10. The number of esters is 2. The monoisotopic (exact) mass is 557 g/mol. The van der Waals surface area contributed by atoms with Crippen molar-refractivity contribution in [2.45, 2.75) is 44.6 Å². The lowest BCUT2D eigenvalue weighted by Crippen LogP contribution is -2.52. The molecule has 2 saturated heterocycles. The highest BCUT2D eigenvalue weighted by atomic mass is 32.1. The molecule has 1 aliphatic carbocycles. The van der Waals surface area contributed by atoms with E-state index in [2.05, 4.69) is 27.1 Å². The minimum absolute atomic E-state index is 0.0238. The fraction of sp³-hybridized carbons (Fsp3) is 0.643. The normalized spacial score (nSPS) is 26.0. The number of rotatable bonds is 8. The SMILES string of the molecule is COC(=O)C1=C(CCc2nccs2)NC(CC(=O)N2CCN(C3CC4CN(C)CC4C3)CC2)=C(C(=O)OC)C1. The van der Waals surface area contributed by atoms with E-state index in [1.165, 1.54) is 40.2 Å². The van der Waals surface area contributed by atoms with E-state index in [-0.39, 0.29) is 18.7 Å². The average molecular weight is 558 g/mol. The zero-order valence-corrected chi connectivity index (χ0v) is 23.9. The van der Waals surface area contributed by atoms with Gasteiger partial charge in [-0.15, -0.1) is 11.3 Å². The highest BCUT2D eigenvalue weighted by Gasteiger charge is 2.42. The van der Waals surface area contributed by atoms with Gasteiger partial charge in [0.15, 0.2) is 0 Å². The number of allylic oxidation sites excluding steroid dienone is 1. The quantitative estimate of drug-likeness (QED) is 0.479.